The molecule has 1 saturated heterocycles. The first kappa shape index (κ1) is 17.4. The lowest BCUT2D eigenvalue weighted by molar-refractivity contribution is 0.365. The Balaban J connectivity index is 1.84. The van der Waals surface area contributed by atoms with E-state index in [-0.39, 0.29) is 12.1 Å². The van der Waals surface area contributed by atoms with Crippen molar-refractivity contribution in [2.45, 2.75) is 18.9 Å². The number of aromatic amines is 1. The highest BCUT2D eigenvalue weighted by Gasteiger charge is 2.22. The Morgan fingerprint density at radius 3 is 2.55 bits per heavy atom. The van der Waals surface area contributed by atoms with Crippen molar-refractivity contribution in [2.75, 3.05) is 13.1 Å². The maximum absolute atomic E-state index is 12.8. The highest BCUT2D eigenvalue weighted by atomic mass is 16.3. The molecule has 0 saturated carbocycles. The maximum Gasteiger partial charge on any atom is 0.329 e. The SMILES string of the molecule is O=c1[nH]c(=O)n(C2CCNCC2)c2c1cnc1ccc(-c3cnc(O)nc3)nc12. The minimum absolute atomic E-state index is 0.0452. The molecule has 0 aliphatic carbocycles. The molecule has 10 nitrogen and oxygen atoms in total. The third kappa shape index (κ3) is 2.93. The largest absolute Gasteiger partial charge is 0.479 e. The molecule has 0 amide bonds. The number of nitrogens with zero attached hydrogens (tertiary/aromatic N) is 5. The van der Waals surface area contributed by atoms with Gasteiger partial charge in [0.1, 0.15) is 5.52 Å². The average Bonchev–Trinajstić information content (AvgIpc) is 2.74. The van der Waals surface area contributed by atoms with Gasteiger partial charge in [0.25, 0.3) is 5.56 Å². The summed E-state index contributed by atoms with van der Waals surface area (Å²) in [6, 6.07) is 3.17. The van der Waals surface area contributed by atoms with Crippen molar-refractivity contribution in [2.24, 2.45) is 0 Å². The smallest absolute Gasteiger partial charge is 0.329 e. The quantitative estimate of drug-likeness (QED) is 0.425. The second-order valence-corrected chi connectivity index (χ2v) is 6.97. The van der Waals surface area contributed by atoms with Crippen LogP contribution in [0.1, 0.15) is 18.9 Å². The van der Waals surface area contributed by atoms with Crippen LogP contribution in [0, 0.1) is 0 Å². The van der Waals surface area contributed by atoms with Gasteiger partial charge in [-0.2, -0.15) is 0 Å². The molecule has 1 fully saturated rings. The highest BCUT2D eigenvalue weighted by molar-refractivity contribution is 6.01. The molecule has 1 aliphatic heterocycles. The summed E-state index contributed by atoms with van der Waals surface area (Å²) in [6.45, 7) is 1.59. The van der Waals surface area contributed by atoms with Gasteiger partial charge < -0.3 is 10.4 Å². The molecule has 0 atom stereocenters. The monoisotopic (exact) mass is 391 g/mol. The first-order valence-corrected chi connectivity index (χ1v) is 9.28. The number of pyridine rings is 2. The van der Waals surface area contributed by atoms with Crippen molar-refractivity contribution in [3.8, 4) is 17.3 Å². The molecular formula is C19H17N7O3. The number of hydrogen-bond acceptors (Lipinski definition) is 8. The Hall–Kier alpha value is -3.66. The van der Waals surface area contributed by atoms with E-state index in [1.807, 2.05) is 0 Å². The van der Waals surface area contributed by atoms with Gasteiger partial charge in [-0.25, -0.2) is 19.7 Å². The van der Waals surface area contributed by atoms with Crippen LogP contribution in [0.15, 0.2) is 40.3 Å². The van der Waals surface area contributed by atoms with E-state index in [4.69, 9.17) is 0 Å². The maximum atomic E-state index is 12.8. The number of nitrogens with one attached hydrogen (secondary N) is 2. The number of piperidine rings is 1. The molecule has 0 radical (unpaired) electrons. The van der Waals surface area contributed by atoms with Crippen molar-refractivity contribution in [3.63, 3.8) is 0 Å². The van der Waals surface area contributed by atoms with E-state index in [9.17, 15) is 14.7 Å². The van der Waals surface area contributed by atoms with Crippen LogP contribution >= 0.6 is 0 Å². The molecule has 10 heteroatoms. The first-order valence-electron chi connectivity index (χ1n) is 9.28. The van der Waals surface area contributed by atoms with Crippen LogP contribution in [-0.2, 0) is 0 Å². The van der Waals surface area contributed by atoms with E-state index >= 15 is 0 Å². The number of aromatic hydroxyl groups is 1. The fourth-order valence-electron chi connectivity index (χ4n) is 3.82. The van der Waals surface area contributed by atoms with Gasteiger partial charge in [0.05, 0.1) is 22.1 Å². The van der Waals surface area contributed by atoms with E-state index in [0.717, 1.165) is 25.9 Å². The van der Waals surface area contributed by atoms with Crippen LogP contribution in [-0.4, -0.2) is 47.7 Å². The third-order valence-corrected chi connectivity index (χ3v) is 5.22. The molecule has 4 aromatic rings. The number of rotatable bonds is 2. The van der Waals surface area contributed by atoms with Gasteiger partial charge in [0.15, 0.2) is 0 Å². The molecule has 4 aromatic heterocycles. The van der Waals surface area contributed by atoms with Gasteiger partial charge in [-0.1, -0.05) is 0 Å². The zero-order chi connectivity index (χ0) is 20.0. The summed E-state index contributed by atoms with van der Waals surface area (Å²) < 4.78 is 1.64. The fraction of sp³-hybridized carbons (Fsp3) is 0.263. The van der Waals surface area contributed by atoms with Crippen molar-refractivity contribution < 1.29 is 5.11 Å². The summed E-state index contributed by atoms with van der Waals surface area (Å²) in [5.74, 6) is 0. The lowest BCUT2D eigenvalue weighted by Crippen LogP contribution is -2.38. The second kappa shape index (κ2) is 6.74. The Labute approximate surface area is 163 Å². The van der Waals surface area contributed by atoms with Crippen molar-refractivity contribution >= 4 is 21.9 Å². The number of hydrogen-bond donors (Lipinski definition) is 3. The summed E-state index contributed by atoms with van der Waals surface area (Å²) in [5.41, 5.74) is 1.76. The third-order valence-electron chi connectivity index (χ3n) is 5.22. The molecule has 0 spiro atoms. The van der Waals surface area contributed by atoms with Crippen LogP contribution in [0.5, 0.6) is 6.01 Å². The predicted octanol–water partition coefficient (Wildman–Crippen LogP) is 0.720. The average molecular weight is 391 g/mol. The number of fused-ring (bicyclic) bond motifs is 3. The van der Waals surface area contributed by atoms with Gasteiger partial charge in [-0.3, -0.25) is 19.3 Å². The summed E-state index contributed by atoms with van der Waals surface area (Å²) in [4.78, 5) is 44.3. The molecular weight excluding hydrogens is 374 g/mol. The molecule has 0 unspecified atom stereocenters. The highest BCUT2D eigenvalue weighted by Crippen LogP contribution is 2.27. The molecule has 29 heavy (non-hydrogen) atoms. The second-order valence-electron chi connectivity index (χ2n) is 6.97. The summed E-state index contributed by atoms with van der Waals surface area (Å²) >= 11 is 0. The Bertz CT molecular complexity index is 1340. The number of aromatic nitrogens is 6. The van der Waals surface area contributed by atoms with Gasteiger partial charge >= 0.3 is 11.7 Å². The van der Waals surface area contributed by atoms with Crippen LogP contribution in [0.2, 0.25) is 0 Å². The zero-order valence-corrected chi connectivity index (χ0v) is 15.3. The molecule has 1 aliphatic rings. The van der Waals surface area contributed by atoms with E-state index in [1.54, 1.807) is 16.7 Å². The molecule has 146 valence electrons. The summed E-state index contributed by atoms with van der Waals surface area (Å²) in [7, 11) is 0. The first-order chi connectivity index (χ1) is 14.1. The standard InChI is InChI=1S/C19H17N7O3/c27-17-12-9-21-14-2-1-13(10-7-22-18(28)23-8-10)24-15(14)16(12)26(19(29)25-17)11-3-5-20-6-4-11/h1-2,7-9,11,20H,3-6H2,(H,22,23,28)(H,25,27,29). The van der Waals surface area contributed by atoms with Crippen molar-refractivity contribution in [3.05, 3.63) is 51.6 Å². The predicted molar refractivity (Wildman–Crippen MR) is 106 cm³/mol. The van der Waals surface area contributed by atoms with E-state index < -0.39 is 11.2 Å². The van der Waals surface area contributed by atoms with Crippen molar-refractivity contribution in [1.82, 2.24) is 34.8 Å². The van der Waals surface area contributed by atoms with E-state index in [1.165, 1.54) is 18.6 Å². The van der Waals surface area contributed by atoms with Gasteiger partial charge in [0, 0.05) is 30.2 Å². The normalized spacial score (nSPS) is 15.2. The lowest BCUT2D eigenvalue weighted by Gasteiger charge is -2.26. The van der Waals surface area contributed by atoms with Crippen LogP contribution < -0.4 is 16.6 Å². The van der Waals surface area contributed by atoms with E-state index in [0.29, 0.717) is 33.2 Å². The summed E-state index contributed by atoms with van der Waals surface area (Å²) in [6.07, 6.45) is 5.95. The van der Waals surface area contributed by atoms with Crippen molar-refractivity contribution in [1.29, 1.82) is 0 Å². The lowest BCUT2D eigenvalue weighted by atomic mass is 10.1. The van der Waals surface area contributed by atoms with Crippen LogP contribution in [0.3, 0.4) is 0 Å². The molecule has 5 heterocycles. The van der Waals surface area contributed by atoms with Gasteiger partial charge in [0.2, 0.25) is 0 Å². The topological polar surface area (TPSA) is 139 Å². The van der Waals surface area contributed by atoms with Gasteiger partial charge in [-0.15, -0.1) is 0 Å². The van der Waals surface area contributed by atoms with E-state index in [2.05, 4.69) is 30.2 Å². The zero-order valence-electron chi connectivity index (χ0n) is 15.3. The van der Waals surface area contributed by atoms with Gasteiger partial charge in [-0.05, 0) is 38.1 Å². The molecule has 5 rings (SSSR count). The summed E-state index contributed by atoms with van der Waals surface area (Å²) in [5, 5.41) is 12.9. The fourth-order valence-corrected chi connectivity index (χ4v) is 3.82. The molecule has 3 N–H and O–H groups in total. The molecule has 0 bridgehead atoms. The Morgan fingerprint density at radius 1 is 1.03 bits per heavy atom. The van der Waals surface area contributed by atoms with Crippen LogP contribution in [0.25, 0.3) is 33.2 Å². The Morgan fingerprint density at radius 2 is 1.79 bits per heavy atom. The van der Waals surface area contributed by atoms with Crippen LogP contribution in [0.4, 0.5) is 0 Å². The minimum atomic E-state index is -0.482. The number of H-pyrrole nitrogens is 1. The molecule has 0 aromatic carbocycles. The Kier molecular flexibility index (Phi) is 4.06. The minimum Gasteiger partial charge on any atom is -0.479 e.